The maximum Gasteiger partial charge on any atom is 0.323 e. The summed E-state index contributed by atoms with van der Waals surface area (Å²) >= 11 is 0. The fourth-order valence-corrected chi connectivity index (χ4v) is 2.26. The summed E-state index contributed by atoms with van der Waals surface area (Å²) in [5.41, 5.74) is 3.42. The largest absolute Gasteiger partial charge is 0.323 e. The van der Waals surface area contributed by atoms with Crippen LogP contribution >= 0.6 is 0 Å². The van der Waals surface area contributed by atoms with Crippen LogP contribution in [-0.4, -0.2) is 25.8 Å². The van der Waals surface area contributed by atoms with Gasteiger partial charge in [-0.15, -0.1) is 0 Å². The van der Waals surface area contributed by atoms with Gasteiger partial charge >= 0.3 is 6.03 Å². The maximum atomic E-state index is 13.5. The molecule has 0 bridgehead atoms. The Hall–Kier alpha value is -3.29. The number of hydrogen-bond acceptors (Lipinski definition) is 4. The number of hydrogen-bond donors (Lipinski definition) is 2. The Morgan fingerprint density at radius 3 is 2.36 bits per heavy atom. The molecule has 25 heavy (non-hydrogen) atoms. The van der Waals surface area contributed by atoms with E-state index in [1.807, 2.05) is 20.8 Å². The molecule has 3 rings (SSSR count). The highest BCUT2D eigenvalue weighted by Gasteiger charge is 2.12. The summed E-state index contributed by atoms with van der Waals surface area (Å²) in [6.45, 7) is 5.84. The molecule has 0 saturated carbocycles. The van der Waals surface area contributed by atoms with E-state index in [-0.39, 0.29) is 5.69 Å². The van der Waals surface area contributed by atoms with Crippen LogP contribution in [0.4, 0.5) is 20.6 Å². The van der Waals surface area contributed by atoms with Crippen molar-refractivity contribution in [1.82, 2.24) is 19.7 Å². The molecule has 0 atom stereocenters. The van der Waals surface area contributed by atoms with Gasteiger partial charge in [-0.3, -0.25) is 0 Å². The fourth-order valence-electron chi connectivity index (χ4n) is 2.26. The molecule has 0 spiro atoms. The molecular weight excluding hydrogens is 323 g/mol. The van der Waals surface area contributed by atoms with Gasteiger partial charge in [-0.1, -0.05) is 12.1 Å². The van der Waals surface area contributed by atoms with Crippen molar-refractivity contribution in [1.29, 1.82) is 0 Å². The molecule has 1 aromatic carbocycles. The average molecular weight is 340 g/mol. The highest BCUT2D eigenvalue weighted by molar-refractivity contribution is 5.99. The molecule has 7 nitrogen and oxygen atoms in total. The van der Waals surface area contributed by atoms with Crippen LogP contribution in [0.3, 0.4) is 0 Å². The smallest absolute Gasteiger partial charge is 0.305 e. The van der Waals surface area contributed by atoms with E-state index in [0.717, 1.165) is 17.0 Å². The normalized spacial score (nSPS) is 10.6. The fraction of sp³-hybridized carbons (Fsp3) is 0.176. The Morgan fingerprint density at radius 2 is 1.76 bits per heavy atom. The summed E-state index contributed by atoms with van der Waals surface area (Å²) in [6, 6.07) is 5.34. The zero-order valence-corrected chi connectivity index (χ0v) is 14.0. The zero-order chi connectivity index (χ0) is 18.0. The molecule has 0 radical (unpaired) electrons. The summed E-state index contributed by atoms with van der Waals surface area (Å²) in [7, 11) is 0. The quantitative estimate of drug-likeness (QED) is 0.765. The first-order valence-corrected chi connectivity index (χ1v) is 7.63. The molecule has 0 fully saturated rings. The lowest BCUT2D eigenvalue weighted by atomic mass is 10.2. The number of rotatable bonds is 3. The number of anilines is 2. The van der Waals surface area contributed by atoms with Gasteiger partial charge in [0.25, 0.3) is 5.95 Å². The zero-order valence-electron chi connectivity index (χ0n) is 14.0. The average Bonchev–Trinajstić information content (AvgIpc) is 2.85. The van der Waals surface area contributed by atoms with Gasteiger partial charge in [-0.2, -0.15) is 5.10 Å². The first-order chi connectivity index (χ1) is 12.0. The number of amides is 2. The van der Waals surface area contributed by atoms with Crippen LogP contribution < -0.4 is 10.6 Å². The Labute approximate surface area is 143 Å². The number of urea groups is 1. The topological polar surface area (TPSA) is 84.7 Å². The number of carbonyl (C=O) groups excluding carboxylic acids is 1. The van der Waals surface area contributed by atoms with Crippen molar-refractivity contribution < 1.29 is 9.18 Å². The monoisotopic (exact) mass is 340 g/mol. The summed E-state index contributed by atoms with van der Waals surface area (Å²) in [6.07, 6.45) is 2.93. The molecule has 128 valence electrons. The van der Waals surface area contributed by atoms with Gasteiger partial charge in [0.1, 0.15) is 5.82 Å². The predicted octanol–water partition coefficient (Wildman–Crippen LogP) is 3.37. The van der Waals surface area contributed by atoms with E-state index in [2.05, 4.69) is 25.7 Å². The van der Waals surface area contributed by atoms with Crippen molar-refractivity contribution in [2.75, 3.05) is 10.6 Å². The molecule has 0 aliphatic rings. The lowest BCUT2D eigenvalue weighted by molar-refractivity contribution is 0.262. The van der Waals surface area contributed by atoms with Gasteiger partial charge in [-0.25, -0.2) is 23.8 Å². The first-order valence-electron chi connectivity index (χ1n) is 7.63. The van der Waals surface area contributed by atoms with Gasteiger partial charge < -0.3 is 10.6 Å². The summed E-state index contributed by atoms with van der Waals surface area (Å²) in [4.78, 5) is 20.4. The summed E-state index contributed by atoms with van der Waals surface area (Å²) in [5, 5.41) is 9.37. The van der Waals surface area contributed by atoms with Crippen molar-refractivity contribution in [2.45, 2.75) is 20.8 Å². The van der Waals surface area contributed by atoms with Gasteiger partial charge in [0, 0.05) is 5.69 Å². The Kier molecular flexibility index (Phi) is 4.42. The van der Waals surface area contributed by atoms with Crippen molar-refractivity contribution in [3.63, 3.8) is 0 Å². The SMILES string of the molecule is Cc1nn(-c2ncc(NC(=O)Nc3ccccc3F)cn2)c(C)c1C. The van der Waals surface area contributed by atoms with Crippen molar-refractivity contribution in [3.8, 4) is 5.95 Å². The molecule has 2 aromatic heterocycles. The van der Waals surface area contributed by atoms with Crippen LogP contribution in [0.15, 0.2) is 36.7 Å². The van der Waals surface area contributed by atoms with E-state index < -0.39 is 11.8 Å². The second kappa shape index (κ2) is 6.68. The molecule has 2 N–H and O–H groups in total. The van der Waals surface area contributed by atoms with E-state index in [9.17, 15) is 9.18 Å². The van der Waals surface area contributed by atoms with Crippen molar-refractivity contribution in [3.05, 3.63) is 59.4 Å². The molecule has 2 heterocycles. The van der Waals surface area contributed by atoms with Crippen molar-refractivity contribution in [2.24, 2.45) is 0 Å². The van der Waals surface area contributed by atoms with Crippen LogP contribution in [0.2, 0.25) is 0 Å². The summed E-state index contributed by atoms with van der Waals surface area (Å²) in [5.74, 6) is -0.0992. The number of para-hydroxylation sites is 1. The Morgan fingerprint density at radius 1 is 1.08 bits per heavy atom. The third-order valence-corrected chi connectivity index (χ3v) is 3.86. The predicted molar refractivity (Wildman–Crippen MR) is 92.4 cm³/mol. The van der Waals surface area contributed by atoms with Gasteiger partial charge in [0.15, 0.2) is 0 Å². The van der Waals surface area contributed by atoms with Crippen LogP contribution in [0.1, 0.15) is 17.0 Å². The number of benzene rings is 1. The molecular formula is C17H17FN6O. The van der Waals surface area contributed by atoms with Crippen LogP contribution in [0, 0.1) is 26.6 Å². The number of nitrogens with one attached hydrogen (secondary N) is 2. The van der Waals surface area contributed by atoms with Crippen LogP contribution in [0.25, 0.3) is 5.95 Å². The minimum Gasteiger partial charge on any atom is -0.305 e. The molecule has 0 unspecified atom stereocenters. The van der Waals surface area contributed by atoms with E-state index in [1.165, 1.54) is 24.5 Å². The number of carbonyl (C=O) groups is 1. The standard InChI is InChI=1S/C17H17FN6O/c1-10-11(2)23-24(12(10)3)16-19-8-13(9-20-16)21-17(25)22-15-7-5-4-6-14(15)18/h4-9H,1-3H3,(H2,21,22,25). The molecule has 8 heteroatoms. The van der Waals surface area contributed by atoms with Gasteiger partial charge in [0.05, 0.1) is 29.5 Å². The van der Waals surface area contributed by atoms with Crippen molar-refractivity contribution >= 4 is 17.4 Å². The Balaban J connectivity index is 1.71. The highest BCUT2D eigenvalue weighted by Crippen LogP contribution is 2.16. The molecule has 0 aliphatic carbocycles. The lowest BCUT2D eigenvalue weighted by Crippen LogP contribution is -2.20. The third-order valence-electron chi connectivity index (χ3n) is 3.86. The van der Waals surface area contributed by atoms with Gasteiger partial charge in [0.2, 0.25) is 0 Å². The minimum absolute atomic E-state index is 0.0932. The lowest BCUT2D eigenvalue weighted by Gasteiger charge is -2.08. The van der Waals surface area contributed by atoms with E-state index in [0.29, 0.717) is 11.6 Å². The molecule has 3 aromatic rings. The molecule has 0 aliphatic heterocycles. The van der Waals surface area contributed by atoms with Crippen LogP contribution in [0.5, 0.6) is 0 Å². The number of aryl methyl sites for hydroxylation is 1. The van der Waals surface area contributed by atoms with E-state index in [1.54, 1.807) is 16.8 Å². The number of nitrogens with zero attached hydrogens (tertiary/aromatic N) is 4. The minimum atomic E-state index is -0.580. The van der Waals surface area contributed by atoms with Gasteiger partial charge in [-0.05, 0) is 38.5 Å². The van der Waals surface area contributed by atoms with E-state index in [4.69, 9.17) is 0 Å². The molecule has 2 amide bonds. The third kappa shape index (κ3) is 3.47. The Bertz CT molecular complexity index is 919. The second-order valence-corrected chi connectivity index (χ2v) is 5.54. The number of aromatic nitrogens is 4. The van der Waals surface area contributed by atoms with Crippen LogP contribution in [-0.2, 0) is 0 Å². The van der Waals surface area contributed by atoms with E-state index >= 15 is 0 Å². The first kappa shape index (κ1) is 16.6. The molecule has 0 saturated heterocycles. The second-order valence-electron chi connectivity index (χ2n) is 5.54. The number of halogens is 1. The maximum absolute atomic E-state index is 13.5. The summed E-state index contributed by atoms with van der Waals surface area (Å²) < 4.78 is 15.2. The highest BCUT2D eigenvalue weighted by atomic mass is 19.1.